The lowest BCUT2D eigenvalue weighted by Crippen LogP contribution is -2.41. The Labute approximate surface area is 135 Å². The molecule has 0 saturated heterocycles. The number of rotatable bonds is 3. The molecule has 7 heteroatoms. The Kier molecular flexibility index (Phi) is 5.00. The standard InChI is InChI=1S/C15H13BrN2O4/c1-22-13-7-4-10(16)8-12(13)15(21)18-17-14(20)9-2-5-11(19)6-3-9/h2-8,19H,1H3,(H,17,20)(H,18,21). The van der Waals surface area contributed by atoms with E-state index in [1.807, 2.05) is 0 Å². The molecule has 2 amide bonds. The van der Waals surface area contributed by atoms with Crippen LogP contribution in [-0.2, 0) is 0 Å². The lowest BCUT2D eigenvalue weighted by molar-refractivity contribution is 0.0845. The predicted molar refractivity (Wildman–Crippen MR) is 83.7 cm³/mol. The van der Waals surface area contributed by atoms with Gasteiger partial charge in [0.15, 0.2) is 0 Å². The minimum atomic E-state index is -0.509. The summed E-state index contributed by atoms with van der Waals surface area (Å²) >= 11 is 3.27. The third-order valence-corrected chi connectivity index (χ3v) is 3.32. The third-order valence-electron chi connectivity index (χ3n) is 2.83. The van der Waals surface area contributed by atoms with E-state index >= 15 is 0 Å². The molecule has 0 unspecified atom stereocenters. The number of benzene rings is 2. The lowest BCUT2D eigenvalue weighted by Gasteiger charge is -2.10. The number of ether oxygens (including phenoxy) is 1. The monoisotopic (exact) mass is 364 g/mol. The van der Waals surface area contributed by atoms with Gasteiger partial charge in [-0.25, -0.2) is 0 Å². The molecule has 2 rings (SSSR count). The van der Waals surface area contributed by atoms with Crippen LogP contribution in [0.5, 0.6) is 11.5 Å². The molecule has 0 aromatic heterocycles. The molecule has 0 saturated carbocycles. The van der Waals surface area contributed by atoms with Crippen molar-refractivity contribution in [2.24, 2.45) is 0 Å². The van der Waals surface area contributed by atoms with Crippen LogP contribution in [0.4, 0.5) is 0 Å². The number of hydrazine groups is 1. The zero-order chi connectivity index (χ0) is 16.1. The molecular formula is C15H13BrN2O4. The maximum atomic E-state index is 12.1. The molecule has 0 atom stereocenters. The van der Waals surface area contributed by atoms with E-state index in [-0.39, 0.29) is 11.3 Å². The fourth-order valence-electron chi connectivity index (χ4n) is 1.72. The minimum absolute atomic E-state index is 0.0551. The number of halogens is 1. The summed E-state index contributed by atoms with van der Waals surface area (Å²) in [5.74, 6) is -0.563. The van der Waals surface area contributed by atoms with E-state index in [4.69, 9.17) is 9.84 Å². The van der Waals surface area contributed by atoms with E-state index < -0.39 is 11.8 Å². The molecule has 0 fully saturated rings. The van der Waals surface area contributed by atoms with Crippen LogP contribution in [-0.4, -0.2) is 24.0 Å². The molecule has 0 heterocycles. The van der Waals surface area contributed by atoms with Gasteiger partial charge in [0.1, 0.15) is 11.5 Å². The van der Waals surface area contributed by atoms with Gasteiger partial charge in [0.2, 0.25) is 0 Å². The van der Waals surface area contributed by atoms with Crippen molar-refractivity contribution >= 4 is 27.7 Å². The normalized spacial score (nSPS) is 9.91. The first-order valence-electron chi connectivity index (χ1n) is 6.24. The summed E-state index contributed by atoms with van der Waals surface area (Å²) in [4.78, 5) is 24.0. The number of aromatic hydroxyl groups is 1. The van der Waals surface area contributed by atoms with Gasteiger partial charge in [-0.3, -0.25) is 20.4 Å². The number of amides is 2. The van der Waals surface area contributed by atoms with Crippen molar-refractivity contribution < 1.29 is 19.4 Å². The molecule has 0 radical (unpaired) electrons. The zero-order valence-electron chi connectivity index (χ0n) is 11.6. The Hall–Kier alpha value is -2.54. The molecule has 114 valence electrons. The van der Waals surface area contributed by atoms with Gasteiger partial charge in [0.05, 0.1) is 12.7 Å². The molecule has 0 aliphatic rings. The van der Waals surface area contributed by atoms with Crippen LogP contribution in [0.15, 0.2) is 46.9 Å². The van der Waals surface area contributed by atoms with Gasteiger partial charge in [-0.15, -0.1) is 0 Å². The quantitative estimate of drug-likeness (QED) is 0.728. The molecule has 3 N–H and O–H groups in total. The second kappa shape index (κ2) is 6.95. The second-order valence-corrected chi connectivity index (χ2v) is 5.22. The smallest absolute Gasteiger partial charge is 0.273 e. The first-order valence-corrected chi connectivity index (χ1v) is 7.04. The van der Waals surface area contributed by atoms with Crippen LogP contribution < -0.4 is 15.6 Å². The topological polar surface area (TPSA) is 87.7 Å². The maximum absolute atomic E-state index is 12.1. The predicted octanol–water partition coefficient (Wildman–Crippen LogP) is 2.24. The Balaban J connectivity index is 2.05. The number of nitrogens with one attached hydrogen (secondary N) is 2. The van der Waals surface area contributed by atoms with Crippen LogP contribution in [0.3, 0.4) is 0 Å². The second-order valence-electron chi connectivity index (χ2n) is 4.30. The minimum Gasteiger partial charge on any atom is -0.508 e. The molecule has 0 spiro atoms. The maximum Gasteiger partial charge on any atom is 0.273 e. The highest BCUT2D eigenvalue weighted by atomic mass is 79.9. The summed E-state index contributed by atoms with van der Waals surface area (Å²) in [6.07, 6.45) is 0. The third kappa shape index (κ3) is 3.76. The summed E-state index contributed by atoms with van der Waals surface area (Å²) in [6, 6.07) is 10.6. The van der Waals surface area contributed by atoms with Gasteiger partial charge in [-0.1, -0.05) is 15.9 Å². The number of phenols is 1. The van der Waals surface area contributed by atoms with E-state index in [0.29, 0.717) is 15.8 Å². The Morgan fingerprint density at radius 2 is 1.68 bits per heavy atom. The number of hydrogen-bond donors (Lipinski definition) is 3. The average Bonchev–Trinajstić information content (AvgIpc) is 2.53. The van der Waals surface area contributed by atoms with Gasteiger partial charge in [0.25, 0.3) is 11.8 Å². The first-order chi connectivity index (χ1) is 10.5. The van der Waals surface area contributed by atoms with Crippen LogP contribution in [0.25, 0.3) is 0 Å². The summed E-state index contributed by atoms with van der Waals surface area (Å²) in [5, 5.41) is 9.17. The van der Waals surface area contributed by atoms with Crippen LogP contribution in [0.1, 0.15) is 20.7 Å². The number of carbonyl (C=O) groups is 2. The SMILES string of the molecule is COc1ccc(Br)cc1C(=O)NNC(=O)c1ccc(O)cc1. The van der Waals surface area contributed by atoms with E-state index in [1.165, 1.54) is 31.4 Å². The van der Waals surface area contributed by atoms with Gasteiger partial charge in [0, 0.05) is 10.0 Å². The highest BCUT2D eigenvalue weighted by molar-refractivity contribution is 9.10. The van der Waals surface area contributed by atoms with E-state index in [2.05, 4.69) is 26.8 Å². The summed E-state index contributed by atoms with van der Waals surface area (Å²) in [6.45, 7) is 0. The average molecular weight is 365 g/mol. The van der Waals surface area contributed by atoms with Crippen molar-refractivity contribution in [2.75, 3.05) is 7.11 Å². The molecule has 0 aliphatic heterocycles. The van der Waals surface area contributed by atoms with Crippen molar-refractivity contribution in [1.29, 1.82) is 0 Å². The Morgan fingerprint density at radius 3 is 2.32 bits per heavy atom. The van der Waals surface area contributed by atoms with Crippen LogP contribution in [0, 0.1) is 0 Å². The largest absolute Gasteiger partial charge is 0.508 e. The molecular weight excluding hydrogens is 352 g/mol. The summed E-state index contributed by atoms with van der Waals surface area (Å²) in [7, 11) is 1.45. The summed E-state index contributed by atoms with van der Waals surface area (Å²) in [5.41, 5.74) is 5.19. The number of carbonyl (C=O) groups excluding carboxylic acids is 2. The van der Waals surface area contributed by atoms with E-state index in [1.54, 1.807) is 18.2 Å². The van der Waals surface area contributed by atoms with Crippen molar-refractivity contribution in [1.82, 2.24) is 10.9 Å². The number of phenolic OH excluding ortho intramolecular Hbond substituents is 1. The Bertz CT molecular complexity index is 701. The van der Waals surface area contributed by atoms with Gasteiger partial charge in [-0.05, 0) is 42.5 Å². The molecule has 0 bridgehead atoms. The zero-order valence-corrected chi connectivity index (χ0v) is 13.2. The fraction of sp³-hybridized carbons (Fsp3) is 0.0667. The van der Waals surface area contributed by atoms with Crippen molar-refractivity contribution in [3.05, 3.63) is 58.1 Å². The molecule has 2 aromatic rings. The Morgan fingerprint density at radius 1 is 1.05 bits per heavy atom. The molecule has 0 aliphatic carbocycles. The van der Waals surface area contributed by atoms with Crippen molar-refractivity contribution in [2.45, 2.75) is 0 Å². The lowest BCUT2D eigenvalue weighted by atomic mass is 10.2. The summed E-state index contributed by atoms with van der Waals surface area (Å²) < 4.78 is 5.82. The highest BCUT2D eigenvalue weighted by Crippen LogP contribution is 2.22. The van der Waals surface area contributed by atoms with E-state index in [0.717, 1.165) is 0 Å². The molecule has 22 heavy (non-hydrogen) atoms. The fourth-order valence-corrected chi connectivity index (χ4v) is 2.08. The first kappa shape index (κ1) is 15.8. The van der Waals surface area contributed by atoms with Gasteiger partial charge < -0.3 is 9.84 Å². The number of hydrogen-bond acceptors (Lipinski definition) is 4. The van der Waals surface area contributed by atoms with Crippen molar-refractivity contribution in [3.63, 3.8) is 0 Å². The molecule has 2 aromatic carbocycles. The molecule has 6 nitrogen and oxygen atoms in total. The number of methoxy groups -OCH3 is 1. The highest BCUT2D eigenvalue weighted by Gasteiger charge is 2.14. The van der Waals surface area contributed by atoms with Crippen molar-refractivity contribution in [3.8, 4) is 11.5 Å². The van der Waals surface area contributed by atoms with Crippen LogP contribution in [0.2, 0.25) is 0 Å². The van der Waals surface area contributed by atoms with Gasteiger partial charge in [-0.2, -0.15) is 0 Å². The van der Waals surface area contributed by atoms with E-state index in [9.17, 15) is 9.59 Å². The van der Waals surface area contributed by atoms with Gasteiger partial charge >= 0.3 is 0 Å². The van der Waals surface area contributed by atoms with Crippen LogP contribution >= 0.6 is 15.9 Å².